The zero-order valence-corrected chi connectivity index (χ0v) is 25.3. The molecule has 8 nitrogen and oxygen atoms in total. The van der Waals surface area contributed by atoms with E-state index in [-0.39, 0.29) is 30.9 Å². The van der Waals surface area contributed by atoms with E-state index in [1.165, 1.54) is 11.1 Å². The summed E-state index contributed by atoms with van der Waals surface area (Å²) in [5, 5.41) is 26.6. The molecule has 218 valence electrons. The quantitative estimate of drug-likeness (QED) is 0.299. The fraction of sp³-hybridized carbons (Fsp3) is 0.412. The van der Waals surface area contributed by atoms with Gasteiger partial charge in [-0.3, -0.25) is 4.79 Å². The minimum atomic E-state index is -0.376. The molecule has 1 fully saturated rings. The van der Waals surface area contributed by atoms with Crippen molar-refractivity contribution in [3.8, 4) is 0 Å². The van der Waals surface area contributed by atoms with E-state index in [0.717, 1.165) is 86.3 Å². The molecule has 0 radical (unpaired) electrons. The maximum Gasteiger partial charge on any atom is 0.221 e. The molecule has 6 aliphatic rings. The van der Waals surface area contributed by atoms with Crippen molar-refractivity contribution in [1.29, 1.82) is 0 Å². The summed E-state index contributed by atoms with van der Waals surface area (Å²) in [5.41, 5.74) is 14.8. The first kappa shape index (κ1) is 28.1. The van der Waals surface area contributed by atoms with Crippen molar-refractivity contribution in [2.75, 3.05) is 6.73 Å². The normalized spacial score (nSPS) is 24.7. The molecule has 1 amide bonds. The van der Waals surface area contributed by atoms with Crippen LogP contribution in [0.25, 0.3) is 0 Å². The second-order valence-electron chi connectivity index (χ2n) is 11.7. The van der Waals surface area contributed by atoms with Gasteiger partial charge in [-0.05, 0) is 86.1 Å². The lowest BCUT2D eigenvalue weighted by atomic mass is 9.86. The van der Waals surface area contributed by atoms with E-state index < -0.39 is 0 Å². The Balaban J connectivity index is 1.57. The molecule has 42 heavy (non-hydrogen) atoms. The van der Waals surface area contributed by atoms with Crippen LogP contribution in [0.5, 0.6) is 0 Å². The molecule has 4 N–H and O–H groups in total. The van der Waals surface area contributed by atoms with Crippen LogP contribution in [0, 0.1) is 11.8 Å². The van der Waals surface area contributed by atoms with Crippen molar-refractivity contribution in [3.63, 3.8) is 0 Å². The third-order valence-electron chi connectivity index (χ3n) is 9.49. The van der Waals surface area contributed by atoms with Crippen LogP contribution < -0.4 is 10.6 Å². The summed E-state index contributed by atoms with van der Waals surface area (Å²) in [5.74, 6) is 0.231. The van der Waals surface area contributed by atoms with Gasteiger partial charge in [-0.15, -0.1) is 0 Å². The summed E-state index contributed by atoms with van der Waals surface area (Å²) >= 11 is 0. The lowest BCUT2D eigenvalue weighted by Gasteiger charge is -2.17. The number of carbonyl (C=O) groups excluding carboxylic acids is 1. The number of fused-ring (bicyclic) bond motifs is 5. The molecule has 1 saturated heterocycles. The fourth-order valence-corrected chi connectivity index (χ4v) is 7.07. The number of hydrogen-bond acceptors (Lipinski definition) is 7. The second-order valence-corrected chi connectivity index (χ2v) is 11.7. The third kappa shape index (κ3) is 4.40. The Morgan fingerprint density at radius 1 is 0.976 bits per heavy atom. The topological polar surface area (TPSA) is 119 Å². The van der Waals surface area contributed by atoms with Crippen LogP contribution in [0.2, 0.25) is 0 Å². The summed E-state index contributed by atoms with van der Waals surface area (Å²) in [6, 6.07) is 0. The van der Waals surface area contributed by atoms with Crippen LogP contribution in [0.15, 0.2) is 106 Å². The number of hydrogen-bond donors (Lipinski definition) is 4. The van der Waals surface area contributed by atoms with Gasteiger partial charge in [0.2, 0.25) is 5.91 Å². The number of allylic oxidation sites excluding steroid dienone is 12. The maximum atomic E-state index is 12.4. The van der Waals surface area contributed by atoms with Gasteiger partial charge < -0.3 is 20.8 Å². The molecule has 0 aromatic heterocycles. The van der Waals surface area contributed by atoms with Crippen LogP contribution in [0.3, 0.4) is 0 Å². The Bertz CT molecular complexity index is 1660. The Hall–Kier alpha value is -4.04. The molecule has 0 spiro atoms. The average Bonchev–Trinajstić information content (AvgIpc) is 3.70. The molecule has 1 unspecified atom stereocenters. The second kappa shape index (κ2) is 10.7. The summed E-state index contributed by atoms with van der Waals surface area (Å²) in [6.45, 7) is 12.4. The Morgan fingerprint density at radius 3 is 2.26 bits per heavy atom. The molecule has 0 saturated carbocycles. The van der Waals surface area contributed by atoms with E-state index in [2.05, 4.69) is 63.5 Å². The standard InChI is InChI=1S/C34H39N5O3/c1-7-20-16(3)24-12-26-18(5)22(9-10-31(42)35-15-40)33(38-26)23-11-30(41)32-19(6)27(39-34(23)32)14-29-21(8-2)17(4)25(37-29)13-28(20)36-24/h12-14,18,22,38,40-41H,7-11,15H2,1-6H3,(H,35,42)/t18?,22-/m0/s1. The monoisotopic (exact) mass is 565 g/mol. The fourth-order valence-electron chi connectivity index (χ4n) is 7.07. The van der Waals surface area contributed by atoms with E-state index >= 15 is 0 Å². The van der Waals surface area contributed by atoms with Gasteiger partial charge in [0.15, 0.2) is 0 Å². The minimum absolute atomic E-state index is 0.00901. The van der Waals surface area contributed by atoms with Crippen LogP contribution in [-0.4, -0.2) is 40.0 Å². The van der Waals surface area contributed by atoms with E-state index in [4.69, 9.17) is 15.0 Å². The smallest absolute Gasteiger partial charge is 0.221 e. The first-order chi connectivity index (χ1) is 20.2. The maximum absolute atomic E-state index is 12.4. The predicted molar refractivity (Wildman–Crippen MR) is 167 cm³/mol. The number of nitrogens with zero attached hydrogens (tertiary/aromatic N) is 3. The van der Waals surface area contributed by atoms with Gasteiger partial charge in [0, 0.05) is 47.2 Å². The van der Waals surface area contributed by atoms with Crippen molar-refractivity contribution >= 4 is 23.0 Å². The zero-order chi connectivity index (χ0) is 29.9. The number of aliphatic imine (C=N–C) groups is 3. The number of aliphatic hydroxyl groups is 2. The van der Waals surface area contributed by atoms with Gasteiger partial charge in [-0.25, -0.2) is 15.0 Å². The largest absolute Gasteiger partial charge is 0.511 e. The molecule has 6 rings (SSSR count). The van der Waals surface area contributed by atoms with Gasteiger partial charge >= 0.3 is 0 Å². The number of aliphatic hydroxyl groups excluding tert-OH is 2. The number of nitrogens with one attached hydrogen (secondary N) is 2. The highest BCUT2D eigenvalue weighted by Gasteiger charge is 2.41. The van der Waals surface area contributed by atoms with Gasteiger partial charge in [-0.1, -0.05) is 20.8 Å². The molecule has 1 aliphatic carbocycles. The summed E-state index contributed by atoms with van der Waals surface area (Å²) < 4.78 is 0. The Labute approximate surface area is 247 Å². The molecule has 0 aromatic carbocycles. The van der Waals surface area contributed by atoms with Crippen molar-refractivity contribution in [2.45, 2.75) is 73.6 Å². The number of carbonyl (C=O) groups is 1. The SMILES string of the molecule is CCC1=C(C)C2=NC1=CC1=C(C)C3=C(O)CC(=C4NC(=CC5=NC(=C2)C(CC)=C5C)C(C)[C@@H]4CCC(=O)NCO)C3=N1. The Kier molecular flexibility index (Phi) is 7.13. The highest BCUT2D eigenvalue weighted by atomic mass is 16.3. The van der Waals surface area contributed by atoms with Crippen molar-refractivity contribution in [1.82, 2.24) is 10.6 Å². The number of amides is 1. The van der Waals surface area contributed by atoms with E-state index in [9.17, 15) is 15.0 Å². The van der Waals surface area contributed by atoms with Crippen LogP contribution in [0.1, 0.15) is 73.6 Å². The van der Waals surface area contributed by atoms with Gasteiger partial charge in [-0.2, -0.15) is 0 Å². The first-order valence-electron chi connectivity index (χ1n) is 15.0. The highest BCUT2D eigenvalue weighted by Crippen LogP contribution is 2.46. The summed E-state index contributed by atoms with van der Waals surface area (Å²) in [6.07, 6.45) is 9.31. The molecule has 5 aliphatic heterocycles. The molecule has 0 aromatic rings. The van der Waals surface area contributed by atoms with Gasteiger partial charge in [0.05, 0.1) is 34.2 Å². The summed E-state index contributed by atoms with van der Waals surface area (Å²) in [4.78, 5) is 27.6. The lowest BCUT2D eigenvalue weighted by Crippen LogP contribution is -2.25. The average molecular weight is 566 g/mol. The van der Waals surface area contributed by atoms with Crippen molar-refractivity contribution < 1.29 is 15.0 Å². The Morgan fingerprint density at radius 2 is 1.62 bits per heavy atom. The van der Waals surface area contributed by atoms with E-state index in [0.29, 0.717) is 18.6 Å². The molecule has 8 heteroatoms. The molecule has 5 heterocycles. The first-order valence-corrected chi connectivity index (χ1v) is 15.0. The highest BCUT2D eigenvalue weighted by molar-refractivity contribution is 6.21. The van der Waals surface area contributed by atoms with Crippen LogP contribution >= 0.6 is 0 Å². The third-order valence-corrected chi connectivity index (χ3v) is 9.49. The molecule has 2 atom stereocenters. The zero-order valence-electron chi connectivity index (χ0n) is 25.3. The van der Waals surface area contributed by atoms with E-state index in [1.54, 1.807) is 0 Å². The van der Waals surface area contributed by atoms with Crippen molar-refractivity contribution in [3.05, 3.63) is 91.5 Å². The summed E-state index contributed by atoms with van der Waals surface area (Å²) in [7, 11) is 0. The predicted octanol–water partition coefficient (Wildman–Crippen LogP) is 5.91. The van der Waals surface area contributed by atoms with Crippen molar-refractivity contribution in [2.24, 2.45) is 26.8 Å². The van der Waals surface area contributed by atoms with Crippen LogP contribution in [0.4, 0.5) is 0 Å². The minimum Gasteiger partial charge on any atom is -0.511 e. The van der Waals surface area contributed by atoms with Gasteiger partial charge in [0.25, 0.3) is 0 Å². The van der Waals surface area contributed by atoms with Gasteiger partial charge in [0.1, 0.15) is 12.5 Å². The van der Waals surface area contributed by atoms with E-state index in [1.807, 2.05) is 6.92 Å². The lowest BCUT2D eigenvalue weighted by molar-refractivity contribution is -0.122. The molecular weight excluding hydrogens is 526 g/mol. The molecule has 8 bridgehead atoms. The van der Waals surface area contributed by atoms with Crippen LogP contribution in [-0.2, 0) is 4.79 Å². The number of rotatable bonds is 6. The molecular formula is C34H39N5O3.